The molecule has 1 rings (SSSR count). The van der Waals surface area contributed by atoms with Gasteiger partial charge in [-0.1, -0.05) is 19.1 Å². The maximum atomic E-state index is 5.57. The molecule has 11 heavy (non-hydrogen) atoms. The van der Waals surface area contributed by atoms with Crippen molar-refractivity contribution in [3.8, 4) is 0 Å². The first-order chi connectivity index (χ1) is 5.24. The van der Waals surface area contributed by atoms with Gasteiger partial charge in [-0.05, 0) is 32.5 Å². The number of hydrogen-bond donors (Lipinski definition) is 1. The minimum Gasteiger partial charge on any atom is -0.393 e. The molecule has 1 heterocycles. The van der Waals surface area contributed by atoms with Gasteiger partial charge in [0.05, 0.1) is 4.99 Å². The first-order valence-electron chi connectivity index (χ1n) is 4.25. The Bertz CT molecular complexity index is 139. The summed E-state index contributed by atoms with van der Waals surface area (Å²) in [4.78, 5) is 3.15. The van der Waals surface area contributed by atoms with Gasteiger partial charge < -0.3 is 10.6 Å². The third-order valence-corrected chi connectivity index (χ3v) is 2.77. The van der Waals surface area contributed by atoms with E-state index in [2.05, 4.69) is 11.8 Å². The minimum atomic E-state index is 0.507. The molecule has 0 saturated carbocycles. The molecule has 2 N–H and O–H groups in total. The Morgan fingerprint density at radius 2 is 2.09 bits per heavy atom. The van der Waals surface area contributed by atoms with Gasteiger partial charge >= 0.3 is 0 Å². The molecule has 1 aliphatic heterocycles. The Balaban J connectivity index is 2.30. The van der Waals surface area contributed by atoms with Crippen LogP contribution in [0.3, 0.4) is 0 Å². The molecule has 0 spiro atoms. The predicted octanol–water partition coefficient (Wildman–Crippen LogP) is 1.00. The minimum absolute atomic E-state index is 0.507. The van der Waals surface area contributed by atoms with Crippen molar-refractivity contribution < 1.29 is 0 Å². The van der Waals surface area contributed by atoms with Crippen LogP contribution in [0.25, 0.3) is 0 Å². The fraction of sp³-hybridized carbons (Fsp3) is 0.875. The molecule has 3 heteroatoms. The Labute approximate surface area is 73.7 Å². The molecule has 0 aromatic rings. The van der Waals surface area contributed by atoms with Crippen LogP contribution in [0.4, 0.5) is 0 Å². The van der Waals surface area contributed by atoms with Gasteiger partial charge in [-0.2, -0.15) is 0 Å². The molecule has 2 nitrogen and oxygen atoms in total. The van der Waals surface area contributed by atoms with Crippen LogP contribution in [0.5, 0.6) is 0 Å². The quantitative estimate of drug-likeness (QED) is 0.630. The van der Waals surface area contributed by atoms with Gasteiger partial charge in [0.2, 0.25) is 0 Å². The summed E-state index contributed by atoms with van der Waals surface area (Å²) in [5.41, 5.74) is 5.57. The van der Waals surface area contributed by atoms with Crippen molar-refractivity contribution in [3.05, 3.63) is 0 Å². The first kappa shape index (κ1) is 8.94. The zero-order valence-electron chi connectivity index (χ0n) is 7.05. The second-order valence-corrected chi connectivity index (χ2v) is 3.58. The lowest BCUT2D eigenvalue weighted by Crippen LogP contribution is -2.37. The van der Waals surface area contributed by atoms with Crippen LogP contribution in [0.1, 0.15) is 19.8 Å². The molecule has 0 atom stereocenters. The number of nitrogens with zero attached hydrogens (tertiary/aromatic N) is 1. The maximum Gasteiger partial charge on any atom is 0.0759 e. The summed E-state index contributed by atoms with van der Waals surface area (Å²) in [5.74, 6) is 0.507. The average molecular weight is 172 g/mol. The maximum absolute atomic E-state index is 5.57. The molecule has 1 aliphatic rings. The highest BCUT2D eigenvalue weighted by Gasteiger charge is 2.19. The van der Waals surface area contributed by atoms with Crippen molar-refractivity contribution in [1.82, 2.24) is 4.90 Å². The molecule has 1 saturated heterocycles. The van der Waals surface area contributed by atoms with E-state index in [9.17, 15) is 0 Å². The molecule has 0 bridgehead atoms. The van der Waals surface area contributed by atoms with Crippen molar-refractivity contribution in [2.24, 2.45) is 11.7 Å². The fourth-order valence-electron chi connectivity index (χ4n) is 1.53. The Morgan fingerprint density at radius 3 is 2.45 bits per heavy atom. The van der Waals surface area contributed by atoms with E-state index in [1.54, 1.807) is 0 Å². The summed E-state index contributed by atoms with van der Waals surface area (Å²) in [6.07, 6.45) is 2.31. The summed E-state index contributed by atoms with van der Waals surface area (Å²) in [7, 11) is 0. The number of piperidine rings is 1. The Morgan fingerprint density at radius 1 is 1.55 bits per heavy atom. The molecule has 64 valence electrons. The summed E-state index contributed by atoms with van der Waals surface area (Å²) in [6.45, 7) is 5.68. The van der Waals surface area contributed by atoms with E-state index in [-0.39, 0.29) is 0 Å². The van der Waals surface area contributed by atoms with Gasteiger partial charge in [-0.25, -0.2) is 0 Å². The van der Waals surface area contributed by atoms with Gasteiger partial charge in [0.1, 0.15) is 0 Å². The molecule has 0 aromatic heterocycles. The van der Waals surface area contributed by atoms with Crippen LogP contribution in [0.2, 0.25) is 0 Å². The number of hydrogen-bond acceptors (Lipinski definition) is 2. The molecule has 0 aliphatic carbocycles. The molecular weight excluding hydrogens is 156 g/mol. The van der Waals surface area contributed by atoms with Crippen molar-refractivity contribution in [3.63, 3.8) is 0 Å². The normalized spacial score (nSPS) is 21.9. The summed E-state index contributed by atoms with van der Waals surface area (Å²) >= 11 is 4.95. The molecular formula is C8H16N2S. The van der Waals surface area contributed by atoms with Crippen molar-refractivity contribution in [1.29, 1.82) is 0 Å². The number of nitrogens with two attached hydrogens (primary N) is 1. The highest BCUT2D eigenvalue weighted by atomic mass is 32.1. The molecule has 1 fully saturated rings. The zero-order valence-corrected chi connectivity index (χ0v) is 7.86. The van der Waals surface area contributed by atoms with Crippen molar-refractivity contribution in [2.45, 2.75) is 19.8 Å². The second-order valence-electron chi connectivity index (χ2n) is 3.11. The van der Waals surface area contributed by atoms with Crippen LogP contribution in [-0.2, 0) is 0 Å². The number of likely N-dealkylation sites (tertiary alicyclic amines) is 1. The monoisotopic (exact) mass is 172 g/mol. The van der Waals surface area contributed by atoms with Gasteiger partial charge in [-0.15, -0.1) is 0 Å². The van der Waals surface area contributed by atoms with E-state index in [1.165, 1.54) is 13.1 Å². The third kappa shape index (κ3) is 2.42. The second kappa shape index (κ2) is 4.02. The predicted molar refractivity (Wildman–Crippen MR) is 51.6 cm³/mol. The average Bonchev–Trinajstić information content (AvgIpc) is 2.05. The molecule has 0 unspecified atom stereocenters. The highest BCUT2D eigenvalue weighted by molar-refractivity contribution is 7.80. The lowest BCUT2D eigenvalue weighted by Gasteiger charge is -2.30. The number of rotatable bonds is 2. The Kier molecular flexibility index (Phi) is 3.27. The molecule has 0 amide bonds. The smallest absolute Gasteiger partial charge is 0.0759 e. The van der Waals surface area contributed by atoms with Gasteiger partial charge in [0.25, 0.3) is 0 Å². The summed E-state index contributed by atoms with van der Waals surface area (Å²) in [5, 5.41) is 0. The zero-order chi connectivity index (χ0) is 8.27. The molecule has 0 radical (unpaired) electrons. The lowest BCUT2D eigenvalue weighted by molar-refractivity contribution is 0.220. The van der Waals surface area contributed by atoms with Crippen LogP contribution < -0.4 is 5.73 Å². The van der Waals surface area contributed by atoms with Crippen LogP contribution >= 0.6 is 12.2 Å². The SMILES string of the molecule is CCN1CCC(C(N)=S)CC1. The van der Waals surface area contributed by atoms with E-state index in [0.29, 0.717) is 10.9 Å². The third-order valence-electron chi connectivity index (χ3n) is 2.44. The number of thiocarbonyl (C=S) groups is 1. The van der Waals surface area contributed by atoms with E-state index in [0.717, 1.165) is 19.4 Å². The van der Waals surface area contributed by atoms with Gasteiger partial charge in [0.15, 0.2) is 0 Å². The van der Waals surface area contributed by atoms with Crippen LogP contribution in [-0.4, -0.2) is 29.5 Å². The topological polar surface area (TPSA) is 29.3 Å². The first-order valence-corrected chi connectivity index (χ1v) is 4.66. The summed E-state index contributed by atoms with van der Waals surface area (Å²) < 4.78 is 0. The van der Waals surface area contributed by atoms with E-state index < -0.39 is 0 Å². The van der Waals surface area contributed by atoms with Crippen molar-refractivity contribution >= 4 is 17.2 Å². The van der Waals surface area contributed by atoms with E-state index in [1.807, 2.05) is 0 Å². The molecule has 0 aromatic carbocycles. The van der Waals surface area contributed by atoms with Gasteiger partial charge in [0, 0.05) is 5.92 Å². The lowest BCUT2D eigenvalue weighted by atomic mass is 9.97. The Hall–Kier alpha value is -0.150. The standard InChI is InChI=1S/C8H16N2S/c1-2-10-5-3-7(4-6-10)8(9)11/h7H,2-6H2,1H3,(H2,9,11). The highest BCUT2D eigenvalue weighted by Crippen LogP contribution is 2.16. The van der Waals surface area contributed by atoms with E-state index >= 15 is 0 Å². The van der Waals surface area contributed by atoms with Crippen LogP contribution in [0.15, 0.2) is 0 Å². The summed E-state index contributed by atoms with van der Waals surface area (Å²) in [6, 6.07) is 0. The van der Waals surface area contributed by atoms with Crippen molar-refractivity contribution in [2.75, 3.05) is 19.6 Å². The largest absolute Gasteiger partial charge is 0.393 e. The fourth-order valence-corrected chi connectivity index (χ4v) is 1.77. The van der Waals surface area contributed by atoms with E-state index in [4.69, 9.17) is 18.0 Å². The van der Waals surface area contributed by atoms with Gasteiger partial charge in [-0.3, -0.25) is 0 Å². The van der Waals surface area contributed by atoms with Crippen LogP contribution in [0, 0.1) is 5.92 Å².